The number of aliphatic carboxylic acids is 1. The smallest absolute Gasteiger partial charge is 0.303 e. The van der Waals surface area contributed by atoms with Crippen molar-refractivity contribution in [2.24, 2.45) is 5.92 Å². The number of fused-ring (bicyclic) bond motifs is 2. The van der Waals surface area contributed by atoms with Crippen molar-refractivity contribution < 1.29 is 14.6 Å². The second-order valence-electron chi connectivity index (χ2n) is 6.99. The first-order valence-corrected chi connectivity index (χ1v) is 9.48. The lowest BCUT2D eigenvalue weighted by molar-refractivity contribution is -0.137. The highest BCUT2D eigenvalue weighted by Gasteiger charge is 2.47. The Morgan fingerprint density at radius 2 is 2.00 bits per heavy atom. The Balaban J connectivity index is 1.68. The normalized spacial score (nSPS) is 29.6. The highest BCUT2D eigenvalue weighted by atomic mass is 16.5. The fraction of sp³-hybridized carbons (Fsp3) is 0.842. The molecule has 0 aromatic carbocycles. The van der Waals surface area contributed by atoms with Crippen LogP contribution in [0.4, 0.5) is 0 Å². The van der Waals surface area contributed by atoms with E-state index in [4.69, 9.17) is 9.84 Å². The van der Waals surface area contributed by atoms with Crippen LogP contribution in [0, 0.1) is 5.92 Å². The van der Waals surface area contributed by atoms with Crippen molar-refractivity contribution in [2.75, 3.05) is 6.54 Å². The van der Waals surface area contributed by atoms with Crippen LogP contribution in [0.3, 0.4) is 0 Å². The summed E-state index contributed by atoms with van der Waals surface area (Å²) in [5.41, 5.74) is 0. The molecule has 23 heavy (non-hydrogen) atoms. The molecule has 0 saturated carbocycles. The van der Waals surface area contributed by atoms with Gasteiger partial charge < -0.3 is 15.2 Å². The van der Waals surface area contributed by atoms with Crippen molar-refractivity contribution >= 4 is 5.97 Å². The highest BCUT2D eigenvalue weighted by Crippen LogP contribution is 2.41. The molecule has 2 rings (SSSR count). The van der Waals surface area contributed by atoms with E-state index in [2.05, 4.69) is 24.4 Å². The van der Waals surface area contributed by atoms with E-state index in [1.54, 1.807) is 0 Å². The maximum absolute atomic E-state index is 10.5. The number of allylic oxidation sites excluding steroid dienone is 2. The summed E-state index contributed by atoms with van der Waals surface area (Å²) in [7, 11) is 0. The SMILES string of the molecule is CCCCCCN[C@@H]1[C@@H](CC=CCCCC(=O)O)[C@H]2CC[C@@H]1O2. The van der Waals surface area contributed by atoms with Gasteiger partial charge in [-0.3, -0.25) is 4.79 Å². The molecule has 2 saturated heterocycles. The van der Waals surface area contributed by atoms with Gasteiger partial charge in [-0.05, 0) is 45.1 Å². The number of nitrogens with one attached hydrogen (secondary N) is 1. The van der Waals surface area contributed by atoms with Crippen LogP contribution in [0.15, 0.2) is 12.2 Å². The molecule has 2 aliphatic rings. The number of hydrogen-bond acceptors (Lipinski definition) is 3. The third-order valence-corrected chi connectivity index (χ3v) is 5.17. The number of carboxylic acid groups (broad SMARTS) is 1. The minimum absolute atomic E-state index is 0.267. The number of carbonyl (C=O) groups is 1. The summed E-state index contributed by atoms with van der Waals surface area (Å²) < 4.78 is 6.11. The topological polar surface area (TPSA) is 58.6 Å². The molecule has 132 valence electrons. The molecule has 0 aliphatic carbocycles. The van der Waals surface area contributed by atoms with Crippen LogP contribution in [0.2, 0.25) is 0 Å². The third-order valence-electron chi connectivity index (χ3n) is 5.17. The van der Waals surface area contributed by atoms with Crippen molar-refractivity contribution in [1.29, 1.82) is 0 Å². The van der Waals surface area contributed by atoms with Crippen LogP contribution >= 0.6 is 0 Å². The van der Waals surface area contributed by atoms with E-state index in [1.807, 2.05) is 0 Å². The molecule has 2 heterocycles. The van der Waals surface area contributed by atoms with Crippen molar-refractivity contribution in [2.45, 2.75) is 89.4 Å². The molecule has 2 fully saturated rings. The van der Waals surface area contributed by atoms with Crippen molar-refractivity contribution in [3.8, 4) is 0 Å². The zero-order valence-electron chi connectivity index (χ0n) is 14.5. The summed E-state index contributed by atoms with van der Waals surface area (Å²) in [4.78, 5) is 10.5. The summed E-state index contributed by atoms with van der Waals surface area (Å²) in [5.74, 6) is -0.108. The average Bonchev–Trinajstić information content (AvgIpc) is 3.12. The van der Waals surface area contributed by atoms with Crippen LogP contribution in [-0.4, -0.2) is 35.9 Å². The molecule has 4 nitrogen and oxygen atoms in total. The molecule has 0 aromatic rings. The van der Waals surface area contributed by atoms with Crippen molar-refractivity contribution in [3.05, 3.63) is 12.2 Å². The maximum Gasteiger partial charge on any atom is 0.303 e. The summed E-state index contributed by atoms with van der Waals surface area (Å²) in [6.07, 6.45) is 15.8. The van der Waals surface area contributed by atoms with E-state index in [9.17, 15) is 4.79 Å². The Kier molecular flexibility index (Phi) is 8.10. The summed E-state index contributed by atoms with van der Waals surface area (Å²) in [6, 6.07) is 0.513. The van der Waals surface area contributed by atoms with Gasteiger partial charge in [-0.15, -0.1) is 0 Å². The van der Waals surface area contributed by atoms with Gasteiger partial charge in [-0.2, -0.15) is 0 Å². The summed E-state index contributed by atoms with van der Waals surface area (Å²) in [6.45, 7) is 3.35. The minimum Gasteiger partial charge on any atom is -0.481 e. The second-order valence-corrected chi connectivity index (χ2v) is 6.99. The maximum atomic E-state index is 10.5. The fourth-order valence-electron chi connectivity index (χ4n) is 3.92. The van der Waals surface area contributed by atoms with Gasteiger partial charge in [0, 0.05) is 18.4 Å². The van der Waals surface area contributed by atoms with Gasteiger partial charge in [-0.1, -0.05) is 38.3 Å². The number of hydrogen-bond donors (Lipinski definition) is 2. The van der Waals surface area contributed by atoms with E-state index < -0.39 is 5.97 Å². The molecule has 2 N–H and O–H groups in total. The van der Waals surface area contributed by atoms with E-state index in [0.29, 0.717) is 24.2 Å². The van der Waals surface area contributed by atoms with Gasteiger partial charge >= 0.3 is 5.97 Å². The third kappa shape index (κ3) is 5.92. The molecule has 0 aromatic heterocycles. The summed E-state index contributed by atoms with van der Waals surface area (Å²) >= 11 is 0. The standard InChI is InChI=1S/C19H33NO3/c1-2-3-4-9-14-20-19-15(16-12-13-17(19)23-16)10-7-5-6-8-11-18(21)22/h5,7,15-17,19-20H,2-4,6,8-14H2,1H3,(H,21,22)/t15-,16+,17-,19+/m0/s1. The predicted octanol–water partition coefficient (Wildman–Crippen LogP) is 3.90. The quantitative estimate of drug-likeness (QED) is 0.422. The molecular weight excluding hydrogens is 290 g/mol. The molecule has 4 heteroatoms. The molecule has 0 spiro atoms. The Morgan fingerprint density at radius 1 is 1.17 bits per heavy atom. The minimum atomic E-state index is -0.702. The average molecular weight is 323 g/mol. The lowest BCUT2D eigenvalue weighted by Crippen LogP contribution is -2.44. The van der Waals surface area contributed by atoms with Gasteiger partial charge in [0.25, 0.3) is 0 Å². The zero-order valence-corrected chi connectivity index (χ0v) is 14.5. The number of ether oxygens (including phenoxy) is 1. The Labute approximate surface area is 140 Å². The molecule has 4 atom stereocenters. The van der Waals surface area contributed by atoms with Crippen molar-refractivity contribution in [1.82, 2.24) is 5.32 Å². The predicted molar refractivity (Wildman–Crippen MR) is 92.6 cm³/mol. The largest absolute Gasteiger partial charge is 0.481 e. The molecule has 0 amide bonds. The molecular formula is C19H33NO3. The Bertz CT molecular complexity index is 383. The van der Waals surface area contributed by atoms with Crippen molar-refractivity contribution in [3.63, 3.8) is 0 Å². The Morgan fingerprint density at radius 3 is 2.78 bits per heavy atom. The number of unbranched alkanes of at least 4 members (excludes halogenated alkanes) is 4. The molecule has 0 radical (unpaired) electrons. The highest BCUT2D eigenvalue weighted by molar-refractivity contribution is 5.66. The Hall–Kier alpha value is -0.870. The van der Waals surface area contributed by atoms with Crippen LogP contribution in [-0.2, 0) is 9.53 Å². The van der Waals surface area contributed by atoms with E-state index in [-0.39, 0.29) is 6.42 Å². The van der Waals surface area contributed by atoms with Crippen LogP contribution in [0.5, 0.6) is 0 Å². The second kappa shape index (κ2) is 10.1. The van der Waals surface area contributed by atoms with Gasteiger partial charge in [0.1, 0.15) is 0 Å². The number of rotatable bonds is 12. The molecule has 2 bridgehead atoms. The lowest BCUT2D eigenvalue weighted by atomic mass is 9.82. The zero-order chi connectivity index (χ0) is 16.5. The van der Waals surface area contributed by atoms with E-state index >= 15 is 0 Å². The number of carboxylic acids is 1. The molecule has 0 unspecified atom stereocenters. The van der Waals surface area contributed by atoms with E-state index in [0.717, 1.165) is 25.8 Å². The fourth-order valence-corrected chi connectivity index (χ4v) is 3.92. The first-order valence-electron chi connectivity index (χ1n) is 9.48. The van der Waals surface area contributed by atoms with Gasteiger partial charge in [0.15, 0.2) is 0 Å². The first-order chi connectivity index (χ1) is 11.2. The lowest BCUT2D eigenvalue weighted by Gasteiger charge is -2.28. The van der Waals surface area contributed by atoms with Gasteiger partial charge in [-0.25, -0.2) is 0 Å². The monoisotopic (exact) mass is 323 g/mol. The first kappa shape index (κ1) is 18.5. The van der Waals surface area contributed by atoms with Crippen LogP contribution in [0.1, 0.15) is 71.1 Å². The van der Waals surface area contributed by atoms with Crippen LogP contribution < -0.4 is 5.32 Å². The molecule has 2 aliphatic heterocycles. The van der Waals surface area contributed by atoms with Crippen LogP contribution in [0.25, 0.3) is 0 Å². The van der Waals surface area contributed by atoms with E-state index in [1.165, 1.54) is 38.5 Å². The van der Waals surface area contributed by atoms with Gasteiger partial charge in [0.2, 0.25) is 0 Å². The summed E-state index contributed by atoms with van der Waals surface area (Å²) in [5, 5.41) is 12.4. The van der Waals surface area contributed by atoms with Gasteiger partial charge in [0.05, 0.1) is 12.2 Å².